The zero-order valence-corrected chi connectivity index (χ0v) is 21.4. The lowest BCUT2D eigenvalue weighted by molar-refractivity contribution is -0.137. The molecule has 10 heteroatoms. The fraction of sp³-hybridized carbons (Fsp3) is 0.400. The van der Waals surface area contributed by atoms with Gasteiger partial charge in [0, 0.05) is 49.2 Å². The molecule has 2 heterocycles. The Morgan fingerprint density at radius 1 is 0.971 bits per heavy atom. The van der Waals surface area contributed by atoms with E-state index in [1.54, 1.807) is 53.2 Å². The third kappa shape index (κ3) is 5.37. The van der Waals surface area contributed by atoms with Crippen molar-refractivity contribution in [3.05, 3.63) is 68.7 Å². The molecule has 3 amide bonds. The van der Waals surface area contributed by atoms with Crippen LogP contribution in [0.5, 0.6) is 0 Å². The molecule has 7 nitrogen and oxygen atoms in total. The maximum Gasteiger partial charge on any atom is 0.407 e. The van der Waals surface area contributed by atoms with E-state index in [0.29, 0.717) is 59.5 Å². The van der Waals surface area contributed by atoms with E-state index in [4.69, 9.17) is 34.8 Å². The summed E-state index contributed by atoms with van der Waals surface area (Å²) in [4.78, 5) is 42.9. The van der Waals surface area contributed by atoms with Gasteiger partial charge < -0.3 is 14.9 Å². The monoisotopic (exact) mass is 537 g/mol. The maximum absolute atomic E-state index is 13.4. The predicted molar refractivity (Wildman–Crippen MR) is 135 cm³/mol. The van der Waals surface area contributed by atoms with Crippen molar-refractivity contribution >= 4 is 52.7 Å². The molecule has 0 aliphatic carbocycles. The number of piperidine rings is 1. The third-order valence-corrected chi connectivity index (χ3v) is 7.94. The number of carboxylic acid groups (broad SMARTS) is 1. The fourth-order valence-electron chi connectivity index (χ4n) is 5.08. The Kier molecular flexibility index (Phi) is 7.79. The quantitative estimate of drug-likeness (QED) is 0.577. The van der Waals surface area contributed by atoms with Gasteiger partial charge in [-0.15, -0.1) is 0 Å². The molecular weight excluding hydrogens is 513 g/mol. The molecule has 0 saturated carbocycles. The van der Waals surface area contributed by atoms with E-state index in [2.05, 4.69) is 0 Å². The van der Waals surface area contributed by atoms with E-state index in [1.807, 2.05) is 6.07 Å². The highest BCUT2D eigenvalue weighted by atomic mass is 35.5. The standard InChI is InChI=1S/C25H26Cl3N3O4/c1-29(23(32)15-4-7-17(26)8-5-15)21-10-12-30(24(33)22-3-2-11-31(22)25(34)35)14-18(21)16-6-9-19(27)20(28)13-16/h4-9,13,18,21-22H,2-3,10-12,14H2,1H3,(H,34,35)/t18-,21+,22+/m0/s1. The molecule has 3 atom stereocenters. The van der Waals surface area contributed by atoms with Gasteiger partial charge in [0.2, 0.25) is 5.91 Å². The van der Waals surface area contributed by atoms with Gasteiger partial charge in [-0.05, 0) is 61.2 Å². The van der Waals surface area contributed by atoms with E-state index in [9.17, 15) is 19.5 Å². The molecule has 4 rings (SSSR count). The first kappa shape index (κ1) is 25.6. The van der Waals surface area contributed by atoms with E-state index in [-0.39, 0.29) is 23.8 Å². The molecule has 0 radical (unpaired) electrons. The number of carbonyl (C=O) groups is 3. The van der Waals surface area contributed by atoms with E-state index < -0.39 is 12.1 Å². The van der Waals surface area contributed by atoms with Gasteiger partial charge in [-0.1, -0.05) is 40.9 Å². The highest BCUT2D eigenvalue weighted by Crippen LogP contribution is 2.35. The summed E-state index contributed by atoms with van der Waals surface area (Å²) in [5, 5.41) is 10.9. The second kappa shape index (κ2) is 10.6. The number of amides is 3. The van der Waals surface area contributed by atoms with Crippen LogP contribution in [0.25, 0.3) is 0 Å². The molecule has 0 spiro atoms. The van der Waals surface area contributed by atoms with Crippen molar-refractivity contribution in [3.8, 4) is 0 Å². The first-order valence-corrected chi connectivity index (χ1v) is 12.6. The topological polar surface area (TPSA) is 81.2 Å². The van der Waals surface area contributed by atoms with E-state index in [1.165, 1.54) is 4.90 Å². The average molecular weight is 539 g/mol. The van der Waals surface area contributed by atoms with Crippen molar-refractivity contribution in [1.82, 2.24) is 14.7 Å². The highest BCUT2D eigenvalue weighted by Gasteiger charge is 2.41. The van der Waals surface area contributed by atoms with Gasteiger partial charge in [0.1, 0.15) is 6.04 Å². The molecule has 2 aliphatic rings. The third-order valence-electron chi connectivity index (χ3n) is 6.95. The van der Waals surface area contributed by atoms with E-state index >= 15 is 0 Å². The number of hydrogen-bond donors (Lipinski definition) is 1. The van der Waals surface area contributed by atoms with Gasteiger partial charge in [-0.25, -0.2) is 4.79 Å². The van der Waals surface area contributed by atoms with Gasteiger partial charge in [0.15, 0.2) is 0 Å². The summed E-state index contributed by atoms with van der Waals surface area (Å²) in [6.45, 7) is 1.12. The minimum Gasteiger partial charge on any atom is -0.465 e. The number of nitrogens with zero attached hydrogens (tertiary/aromatic N) is 3. The van der Waals surface area contributed by atoms with Crippen LogP contribution in [0.3, 0.4) is 0 Å². The molecule has 2 aromatic rings. The van der Waals surface area contributed by atoms with Crippen molar-refractivity contribution < 1.29 is 19.5 Å². The number of benzene rings is 2. The van der Waals surface area contributed by atoms with Crippen LogP contribution in [0.1, 0.15) is 41.1 Å². The van der Waals surface area contributed by atoms with Crippen molar-refractivity contribution in [1.29, 1.82) is 0 Å². The Hall–Kier alpha value is -2.48. The van der Waals surface area contributed by atoms with Crippen molar-refractivity contribution in [2.45, 2.75) is 37.3 Å². The number of likely N-dealkylation sites (N-methyl/N-ethyl adjacent to an activating group) is 1. The van der Waals surface area contributed by atoms with Crippen molar-refractivity contribution in [2.75, 3.05) is 26.7 Å². The lowest BCUT2D eigenvalue weighted by Crippen LogP contribution is -2.55. The molecule has 2 aromatic carbocycles. The summed E-state index contributed by atoms with van der Waals surface area (Å²) in [6.07, 6.45) is 0.627. The predicted octanol–water partition coefficient (Wildman–Crippen LogP) is 5.25. The number of hydrogen-bond acceptors (Lipinski definition) is 3. The normalized spacial score (nSPS) is 22.2. The highest BCUT2D eigenvalue weighted by molar-refractivity contribution is 6.42. The molecule has 186 valence electrons. The summed E-state index contributed by atoms with van der Waals surface area (Å²) in [5.74, 6) is -0.576. The smallest absolute Gasteiger partial charge is 0.407 e. The molecule has 0 unspecified atom stereocenters. The zero-order chi connectivity index (χ0) is 25.3. The average Bonchev–Trinajstić information content (AvgIpc) is 3.35. The summed E-state index contributed by atoms with van der Waals surface area (Å²) < 4.78 is 0. The van der Waals surface area contributed by atoms with Crippen molar-refractivity contribution in [2.24, 2.45) is 0 Å². The molecular formula is C25H26Cl3N3O4. The zero-order valence-electron chi connectivity index (χ0n) is 19.2. The molecule has 1 N–H and O–H groups in total. The van der Waals surface area contributed by atoms with Crippen LogP contribution < -0.4 is 0 Å². The van der Waals surface area contributed by atoms with E-state index in [0.717, 1.165) is 5.56 Å². The van der Waals surface area contributed by atoms with Gasteiger partial charge in [0.05, 0.1) is 10.0 Å². The Morgan fingerprint density at radius 3 is 2.34 bits per heavy atom. The lowest BCUT2D eigenvalue weighted by Gasteiger charge is -2.44. The number of carbonyl (C=O) groups excluding carboxylic acids is 2. The van der Waals surface area contributed by atoms with Crippen LogP contribution in [0, 0.1) is 0 Å². The van der Waals surface area contributed by atoms with Crippen LogP contribution in [0.15, 0.2) is 42.5 Å². The fourth-order valence-corrected chi connectivity index (χ4v) is 5.52. The van der Waals surface area contributed by atoms with Gasteiger partial charge in [-0.3, -0.25) is 14.5 Å². The molecule has 35 heavy (non-hydrogen) atoms. The van der Waals surface area contributed by atoms with Gasteiger partial charge >= 0.3 is 6.09 Å². The van der Waals surface area contributed by atoms with Crippen LogP contribution in [-0.4, -0.2) is 76.5 Å². The first-order chi connectivity index (χ1) is 16.7. The van der Waals surface area contributed by atoms with Gasteiger partial charge in [0.25, 0.3) is 5.91 Å². The second-order valence-corrected chi connectivity index (χ2v) is 10.2. The Labute approximate surface area is 219 Å². The molecule has 2 fully saturated rings. The summed E-state index contributed by atoms with van der Waals surface area (Å²) >= 11 is 18.4. The Morgan fingerprint density at radius 2 is 1.69 bits per heavy atom. The molecule has 2 saturated heterocycles. The largest absolute Gasteiger partial charge is 0.465 e. The minimum absolute atomic E-state index is 0.149. The second-order valence-electron chi connectivity index (χ2n) is 8.98. The minimum atomic E-state index is -1.08. The number of likely N-dealkylation sites (tertiary alicyclic amines) is 2. The van der Waals surface area contributed by atoms with Gasteiger partial charge in [-0.2, -0.15) is 0 Å². The molecule has 2 aliphatic heterocycles. The van der Waals surface area contributed by atoms with Crippen LogP contribution in [-0.2, 0) is 4.79 Å². The molecule has 0 bridgehead atoms. The lowest BCUT2D eigenvalue weighted by atomic mass is 9.84. The Balaban J connectivity index is 1.61. The number of rotatable bonds is 4. The summed E-state index contributed by atoms with van der Waals surface area (Å²) in [5.41, 5.74) is 1.38. The SMILES string of the molecule is CN(C(=O)c1ccc(Cl)cc1)[C@@H]1CCN(C(=O)[C@H]2CCCN2C(=O)O)C[C@H]1c1ccc(Cl)c(Cl)c1. The maximum atomic E-state index is 13.4. The van der Waals surface area contributed by atoms with Crippen molar-refractivity contribution in [3.63, 3.8) is 0 Å². The Bertz CT molecular complexity index is 1130. The van der Waals surface area contributed by atoms with Crippen LogP contribution in [0.4, 0.5) is 4.79 Å². The summed E-state index contributed by atoms with van der Waals surface area (Å²) in [6, 6.07) is 11.2. The number of halogens is 3. The van der Waals surface area contributed by atoms with Crippen LogP contribution in [0.2, 0.25) is 15.1 Å². The molecule has 0 aromatic heterocycles. The van der Waals surface area contributed by atoms with Crippen LogP contribution >= 0.6 is 34.8 Å². The summed E-state index contributed by atoms with van der Waals surface area (Å²) in [7, 11) is 1.76. The first-order valence-electron chi connectivity index (χ1n) is 11.4.